The van der Waals surface area contributed by atoms with E-state index >= 15 is 0 Å². The van der Waals surface area contributed by atoms with Crippen molar-refractivity contribution in [1.29, 1.82) is 0 Å². The molecule has 1 aliphatic carbocycles. The summed E-state index contributed by atoms with van der Waals surface area (Å²) in [5.41, 5.74) is 3.88. The van der Waals surface area contributed by atoms with Gasteiger partial charge in [0.1, 0.15) is 5.82 Å². The number of halogens is 1. The summed E-state index contributed by atoms with van der Waals surface area (Å²) in [4.78, 5) is 3.72. The van der Waals surface area contributed by atoms with Crippen LogP contribution in [-0.4, -0.2) is 68.6 Å². The topological polar surface area (TPSA) is 89.2 Å². The highest BCUT2D eigenvalue weighted by molar-refractivity contribution is 7.89. The summed E-state index contributed by atoms with van der Waals surface area (Å²) in [5.74, 6) is 0.374. The summed E-state index contributed by atoms with van der Waals surface area (Å²) in [6.07, 6.45) is 6.85. The van der Waals surface area contributed by atoms with Gasteiger partial charge in [-0.2, -0.15) is 19.3 Å². The maximum atomic E-state index is 13.5. The molecule has 0 N–H and O–H groups in total. The minimum absolute atomic E-state index is 0.0195. The van der Waals surface area contributed by atoms with Crippen LogP contribution in [0.15, 0.2) is 53.8 Å². The fraction of sp³-hybridized carbons (Fsp3) is 0.423. The van der Waals surface area contributed by atoms with Gasteiger partial charge in [-0.3, -0.25) is 4.90 Å². The molecule has 6 rings (SSSR count). The third-order valence-electron chi connectivity index (χ3n) is 7.74. The molecule has 1 saturated carbocycles. The molecule has 0 amide bonds. The Morgan fingerprint density at radius 3 is 2.51 bits per heavy atom. The Morgan fingerprint density at radius 1 is 1.05 bits per heavy atom. The number of hydrogen-bond acceptors (Lipinski definition) is 6. The van der Waals surface area contributed by atoms with E-state index in [1.54, 1.807) is 23.5 Å². The molecule has 11 heteroatoms. The number of sulfonamides is 1. The van der Waals surface area contributed by atoms with E-state index in [9.17, 15) is 12.8 Å². The summed E-state index contributed by atoms with van der Waals surface area (Å²) in [7, 11) is -2.14. The fourth-order valence-electron chi connectivity index (χ4n) is 5.46. The van der Waals surface area contributed by atoms with E-state index in [-0.39, 0.29) is 16.9 Å². The molecule has 0 spiro atoms. The Morgan fingerprint density at radius 2 is 1.84 bits per heavy atom. The number of rotatable bonds is 6. The van der Waals surface area contributed by atoms with Crippen molar-refractivity contribution < 1.29 is 12.8 Å². The molecule has 1 aliphatic heterocycles. The van der Waals surface area contributed by atoms with Crippen molar-refractivity contribution in [3.63, 3.8) is 0 Å². The molecule has 0 bridgehead atoms. The van der Waals surface area contributed by atoms with E-state index < -0.39 is 10.0 Å². The highest BCUT2D eigenvalue weighted by atomic mass is 32.2. The van der Waals surface area contributed by atoms with Gasteiger partial charge in [-0.1, -0.05) is 6.42 Å². The number of hydrogen-bond donors (Lipinski definition) is 0. The molecule has 3 heterocycles. The quantitative estimate of drug-likeness (QED) is 0.385. The maximum absolute atomic E-state index is 13.5. The molecule has 1 saturated heterocycles. The van der Waals surface area contributed by atoms with Gasteiger partial charge in [-0.05, 0) is 73.2 Å². The van der Waals surface area contributed by atoms with Gasteiger partial charge < -0.3 is 0 Å². The zero-order chi connectivity index (χ0) is 25.7. The standard InChI is InChI=1S/C26H30FN7O2S/c1-18-12-24-20(14-29-34(24)22-8-6-21(27)7-9-22)13-23(18)25-17-33(11-10-32(25)16-19-4-3-5-19)37(35,36)26-15-28-31(2)30-26/h6-9,12-15,19,25H,3-5,10-11,16-17H2,1-2H3. The number of aromatic nitrogens is 5. The molecule has 4 aromatic rings. The first-order valence-corrected chi connectivity index (χ1v) is 14.1. The third kappa shape index (κ3) is 4.45. The number of fused-ring (bicyclic) bond motifs is 1. The zero-order valence-electron chi connectivity index (χ0n) is 21.0. The van der Waals surface area contributed by atoms with Gasteiger partial charge in [-0.15, -0.1) is 5.10 Å². The number of piperazine rings is 1. The van der Waals surface area contributed by atoms with Crippen LogP contribution in [0, 0.1) is 18.7 Å². The molecular formula is C26H30FN7O2S. The Kier molecular flexibility index (Phi) is 6.09. The predicted octanol–water partition coefficient (Wildman–Crippen LogP) is 3.45. The molecule has 37 heavy (non-hydrogen) atoms. The van der Waals surface area contributed by atoms with Crippen molar-refractivity contribution in [2.45, 2.75) is 37.3 Å². The largest absolute Gasteiger partial charge is 0.293 e. The predicted molar refractivity (Wildman–Crippen MR) is 137 cm³/mol. The lowest BCUT2D eigenvalue weighted by atomic mass is 9.84. The van der Waals surface area contributed by atoms with Crippen LogP contribution in [0.25, 0.3) is 16.6 Å². The normalized spacial score (nSPS) is 19.9. The molecule has 0 radical (unpaired) electrons. The Bertz CT molecular complexity index is 1540. The molecule has 1 atom stereocenters. The summed E-state index contributed by atoms with van der Waals surface area (Å²) < 4.78 is 43.6. The number of nitrogens with zero attached hydrogens (tertiary/aromatic N) is 7. The van der Waals surface area contributed by atoms with E-state index in [0.717, 1.165) is 34.3 Å². The first-order chi connectivity index (χ1) is 17.8. The second-order valence-corrected chi connectivity index (χ2v) is 12.0. The lowest BCUT2D eigenvalue weighted by Gasteiger charge is -2.44. The van der Waals surface area contributed by atoms with Crippen LogP contribution in [-0.2, 0) is 17.1 Å². The lowest BCUT2D eigenvalue weighted by Crippen LogP contribution is -2.52. The molecule has 9 nitrogen and oxygen atoms in total. The van der Waals surface area contributed by atoms with Crippen molar-refractivity contribution in [2.75, 3.05) is 26.2 Å². The van der Waals surface area contributed by atoms with Crippen molar-refractivity contribution in [2.24, 2.45) is 13.0 Å². The first kappa shape index (κ1) is 24.2. The molecule has 1 unspecified atom stereocenters. The molecule has 2 fully saturated rings. The zero-order valence-corrected chi connectivity index (χ0v) is 21.8. The van der Waals surface area contributed by atoms with Gasteiger partial charge in [-0.25, -0.2) is 17.5 Å². The Balaban J connectivity index is 1.37. The molecular weight excluding hydrogens is 493 g/mol. The second-order valence-electron chi connectivity index (χ2n) is 10.1. The summed E-state index contributed by atoms with van der Waals surface area (Å²) >= 11 is 0. The minimum atomic E-state index is -3.75. The summed E-state index contributed by atoms with van der Waals surface area (Å²) in [5, 5.41) is 13.5. The van der Waals surface area contributed by atoms with Gasteiger partial charge >= 0.3 is 0 Å². The van der Waals surface area contributed by atoms with Crippen LogP contribution in [0.3, 0.4) is 0 Å². The van der Waals surface area contributed by atoms with E-state index in [4.69, 9.17) is 0 Å². The van der Waals surface area contributed by atoms with Crippen LogP contribution >= 0.6 is 0 Å². The maximum Gasteiger partial charge on any atom is 0.264 e. The summed E-state index contributed by atoms with van der Waals surface area (Å²) in [6, 6.07) is 10.4. The van der Waals surface area contributed by atoms with Crippen LogP contribution in [0.2, 0.25) is 0 Å². The van der Waals surface area contributed by atoms with Crippen molar-refractivity contribution in [3.05, 3.63) is 65.7 Å². The Labute approximate surface area is 215 Å². The van der Waals surface area contributed by atoms with Gasteiger partial charge in [0, 0.05) is 44.7 Å². The van der Waals surface area contributed by atoms with Crippen LogP contribution in [0.4, 0.5) is 4.39 Å². The van der Waals surface area contributed by atoms with Crippen molar-refractivity contribution >= 4 is 20.9 Å². The van der Waals surface area contributed by atoms with Crippen LogP contribution < -0.4 is 0 Å². The monoisotopic (exact) mass is 523 g/mol. The van der Waals surface area contributed by atoms with Crippen LogP contribution in [0.1, 0.15) is 36.4 Å². The van der Waals surface area contributed by atoms with Gasteiger partial charge in [0.2, 0.25) is 5.03 Å². The van der Waals surface area contributed by atoms with Gasteiger partial charge in [0.25, 0.3) is 10.0 Å². The number of aryl methyl sites for hydroxylation is 2. The van der Waals surface area contributed by atoms with Gasteiger partial charge in [0.05, 0.1) is 23.6 Å². The van der Waals surface area contributed by atoms with Crippen LogP contribution in [0.5, 0.6) is 0 Å². The fourth-order valence-corrected chi connectivity index (χ4v) is 6.78. The highest BCUT2D eigenvalue weighted by Crippen LogP contribution is 2.36. The van der Waals surface area contributed by atoms with E-state index in [1.165, 1.54) is 42.4 Å². The Hall–Kier alpha value is -3.15. The van der Waals surface area contributed by atoms with E-state index in [1.807, 2.05) is 10.9 Å². The number of benzene rings is 2. The first-order valence-electron chi connectivity index (χ1n) is 12.6. The molecule has 2 aliphatic rings. The average Bonchev–Trinajstić information content (AvgIpc) is 3.48. The van der Waals surface area contributed by atoms with Gasteiger partial charge in [0.15, 0.2) is 0 Å². The average molecular weight is 524 g/mol. The van der Waals surface area contributed by atoms with Crippen molar-refractivity contribution in [3.8, 4) is 5.69 Å². The molecule has 2 aromatic carbocycles. The second kappa shape index (κ2) is 9.30. The molecule has 2 aromatic heterocycles. The minimum Gasteiger partial charge on any atom is -0.293 e. The van der Waals surface area contributed by atoms with E-state index in [2.05, 4.69) is 39.3 Å². The lowest BCUT2D eigenvalue weighted by molar-refractivity contribution is 0.0806. The molecule has 194 valence electrons. The highest BCUT2D eigenvalue weighted by Gasteiger charge is 2.38. The SMILES string of the molecule is Cc1cc2c(cnn2-c2ccc(F)cc2)cc1C1CN(S(=O)(=O)c2cnn(C)n2)CCN1CC1CCC1. The third-order valence-corrected chi connectivity index (χ3v) is 9.47. The smallest absolute Gasteiger partial charge is 0.264 e. The van der Waals surface area contributed by atoms with E-state index in [0.29, 0.717) is 25.6 Å². The van der Waals surface area contributed by atoms with Crippen molar-refractivity contribution in [1.82, 2.24) is 34.0 Å². The summed E-state index contributed by atoms with van der Waals surface area (Å²) in [6.45, 7) is 4.47.